The van der Waals surface area contributed by atoms with Gasteiger partial charge in [-0.15, -0.1) is 0 Å². The molecule has 0 unspecified atom stereocenters. The van der Waals surface area contributed by atoms with Gasteiger partial charge in [-0.3, -0.25) is 4.79 Å². The molecule has 2 rings (SSSR count). The number of amides is 2. The third-order valence-electron chi connectivity index (χ3n) is 2.99. The van der Waals surface area contributed by atoms with Gasteiger partial charge in [-0.1, -0.05) is 30.3 Å². The molecular formula is C17H19NO5. The molecule has 0 saturated carbocycles. The molecule has 1 aliphatic rings. The van der Waals surface area contributed by atoms with Crippen LogP contribution in [0.1, 0.15) is 26.3 Å². The maximum atomic E-state index is 12.2. The zero-order chi connectivity index (χ0) is 17.0. The second-order valence-electron chi connectivity index (χ2n) is 6.09. The van der Waals surface area contributed by atoms with Crippen LogP contribution in [0, 0.1) is 0 Å². The largest absolute Gasteiger partial charge is 0.459 e. The first kappa shape index (κ1) is 16.7. The third-order valence-corrected chi connectivity index (χ3v) is 2.99. The van der Waals surface area contributed by atoms with Crippen molar-refractivity contribution < 1.29 is 23.9 Å². The van der Waals surface area contributed by atoms with Crippen molar-refractivity contribution in [3.05, 3.63) is 48.0 Å². The number of ether oxygens (including phenoxy) is 2. The minimum atomic E-state index is -1.10. The Kier molecular flexibility index (Phi) is 4.83. The number of hydrogen-bond donors (Lipinski definition) is 0. The van der Waals surface area contributed by atoms with Crippen LogP contribution in [0.5, 0.6) is 0 Å². The summed E-state index contributed by atoms with van der Waals surface area (Å²) in [5, 5.41) is 0. The summed E-state index contributed by atoms with van der Waals surface area (Å²) in [6.07, 6.45) is 1.63. The number of carbonyl (C=O) groups excluding carboxylic acids is 3. The molecule has 1 heterocycles. The summed E-state index contributed by atoms with van der Waals surface area (Å²) in [6, 6.07) is 8.04. The summed E-state index contributed by atoms with van der Waals surface area (Å²) in [7, 11) is 0. The molecule has 0 aliphatic carbocycles. The highest BCUT2D eigenvalue weighted by molar-refractivity contribution is 6.06. The molecule has 6 nitrogen and oxygen atoms in total. The number of carbonyl (C=O) groups is 3. The highest BCUT2D eigenvalue weighted by Gasteiger charge is 2.39. The molecule has 1 aliphatic heterocycles. The second kappa shape index (κ2) is 6.64. The summed E-state index contributed by atoms with van der Waals surface area (Å²) in [5.74, 6) is -1.28. The normalized spacial score (nSPS) is 17.3. The van der Waals surface area contributed by atoms with E-state index < -0.39 is 29.6 Å². The van der Waals surface area contributed by atoms with E-state index in [4.69, 9.17) is 9.47 Å². The number of rotatable bonds is 3. The SMILES string of the molecule is CC(C)(C)OC(=O)N1C(=O)C=C[C@H]1C(=O)OCc1ccccc1. The Balaban J connectivity index is 2.02. The van der Waals surface area contributed by atoms with Gasteiger partial charge in [0.05, 0.1) is 0 Å². The Morgan fingerprint density at radius 3 is 2.43 bits per heavy atom. The molecule has 122 valence electrons. The smallest absolute Gasteiger partial charge is 0.418 e. The molecule has 1 atom stereocenters. The van der Waals surface area contributed by atoms with Crippen LogP contribution in [0.25, 0.3) is 0 Å². The lowest BCUT2D eigenvalue weighted by Crippen LogP contribution is -2.46. The molecule has 0 fully saturated rings. The number of hydrogen-bond acceptors (Lipinski definition) is 5. The van der Waals surface area contributed by atoms with Crippen molar-refractivity contribution in [1.29, 1.82) is 0 Å². The van der Waals surface area contributed by atoms with Crippen molar-refractivity contribution in [3.8, 4) is 0 Å². The Morgan fingerprint density at radius 2 is 1.83 bits per heavy atom. The van der Waals surface area contributed by atoms with Crippen LogP contribution >= 0.6 is 0 Å². The van der Waals surface area contributed by atoms with E-state index in [-0.39, 0.29) is 6.61 Å². The van der Waals surface area contributed by atoms with Gasteiger partial charge >= 0.3 is 12.1 Å². The fourth-order valence-corrected chi connectivity index (χ4v) is 1.99. The van der Waals surface area contributed by atoms with Gasteiger partial charge in [0.1, 0.15) is 12.2 Å². The van der Waals surface area contributed by atoms with E-state index in [1.54, 1.807) is 20.8 Å². The summed E-state index contributed by atoms with van der Waals surface area (Å²) in [4.78, 5) is 36.8. The number of nitrogens with zero attached hydrogens (tertiary/aromatic N) is 1. The predicted molar refractivity (Wildman–Crippen MR) is 82.2 cm³/mol. The van der Waals surface area contributed by atoms with Gasteiger partial charge in [-0.05, 0) is 32.4 Å². The van der Waals surface area contributed by atoms with Gasteiger partial charge in [0, 0.05) is 6.08 Å². The highest BCUT2D eigenvalue weighted by atomic mass is 16.6. The number of esters is 1. The van der Waals surface area contributed by atoms with E-state index >= 15 is 0 Å². The fourth-order valence-electron chi connectivity index (χ4n) is 1.99. The predicted octanol–water partition coefficient (Wildman–Crippen LogP) is 2.43. The molecule has 0 radical (unpaired) electrons. The average Bonchev–Trinajstić information content (AvgIpc) is 2.86. The Hall–Kier alpha value is -2.63. The topological polar surface area (TPSA) is 72.9 Å². The van der Waals surface area contributed by atoms with Gasteiger partial charge in [0.2, 0.25) is 0 Å². The van der Waals surface area contributed by atoms with Crippen molar-refractivity contribution in [2.75, 3.05) is 0 Å². The summed E-state index contributed by atoms with van der Waals surface area (Å²) >= 11 is 0. The van der Waals surface area contributed by atoms with E-state index in [0.29, 0.717) is 0 Å². The van der Waals surface area contributed by atoms with Crippen molar-refractivity contribution >= 4 is 18.0 Å². The van der Waals surface area contributed by atoms with Crippen molar-refractivity contribution in [2.24, 2.45) is 0 Å². The van der Waals surface area contributed by atoms with Crippen LogP contribution in [0.3, 0.4) is 0 Å². The molecule has 1 aromatic carbocycles. The minimum absolute atomic E-state index is 0.0698. The van der Waals surface area contributed by atoms with Gasteiger partial charge in [-0.2, -0.15) is 0 Å². The van der Waals surface area contributed by atoms with Crippen LogP contribution in [0.15, 0.2) is 42.5 Å². The zero-order valence-corrected chi connectivity index (χ0v) is 13.3. The lowest BCUT2D eigenvalue weighted by Gasteiger charge is -2.26. The fraction of sp³-hybridized carbons (Fsp3) is 0.353. The van der Waals surface area contributed by atoms with Gasteiger partial charge < -0.3 is 9.47 Å². The van der Waals surface area contributed by atoms with Crippen molar-refractivity contribution in [2.45, 2.75) is 39.0 Å². The van der Waals surface area contributed by atoms with Gasteiger partial charge in [0.15, 0.2) is 6.04 Å². The van der Waals surface area contributed by atoms with Crippen molar-refractivity contribution in [1.82, 2.24) is 4.90 Å². The molecule has 6 heteroatoms. The molecule has 0 saturated heterocycles. The Morgan fingerprint density at radius 1 is 1.17 bits per heavy atom. The first-order valence-corrected chi connectivity index (χ1v) is 7.23. The molecule has 2 amide bonds. The molecule has 0 aromatic heterocycles. The highest BCUT2D eigenvalue weighted by Crippen LogP contribution is 2.18. The van der Waals surface area contributed by atoms with E-state index in [1.807, 2.05) is 30.3 Å². The molecule has 0 bridgehead atoms. The maximum absolute atomic E-state index is 12.2. The van der Waals surface area contributed by atoms with Crippen LogP contribution in [-0.4, -0.2) is 34.5 Å². The Bertz CT molecular complexity index is 630. The third kappa shape index (κ3) is 4.42. The number of imide groups is 1. The zero-order valence-electron chi connectivity index (χ0n) is 13.3. The summed E-state index contributed by atoms with van der Waals surface area (Å²) in [5.41, 5.74) is 0.0521. The van der Waals surface area contributed by atoms with Crippen LogP contribution in [-0.2, 0) is 25.7 Å². The lowest BCUT2D eigenvalue weighted by molar-refractivity contribution is -0.151. The minimum Gasteiger partial charge on any atom is -0.459 e. The molecule has 23 heavy (non-hydrogen) atoms. The Labute approximate surface area is 134 Å². The van der Waals surface area contributed by atoms with Crippen LogP contribution < -0.4 is 0 Å². The molecule has 0 N–H and O–H groups in total. The monoisotopic (exact) mass is 317 g/mol. The van der Waals surface area contributed by atoms with E-state index in [2.05, 4.69) is 0 Å². The molecular weight excluding hydrogens is 298 g/mol. The first-order chi connectivity index (χ1) is 10.8. The lowest BCUT2D eigenvalue weighted by atomic mass is 10.2. The molecule has 1 aromatic rings. The quantitative estimate of drug-likeness (QED) is 0.801. The van der Waals surface area contributed by atoms with E-state index in [0.717, 1.165) is 10.5 Å². The van der Waals surface area contributed by atoms with Crippen molar-refractivity contribution in [3.63, 3.8) is 0 Å². The van der Waals surface area contributed by atoms with Gasteiger partial charge in [0.25, 0.3) is 5.91 Å². The second-order valence-corrected chi connectivity index (χ2v) is 6.09. The van der Waals surface area contributed by atoms with Crippen LogP contribution in [0.2, 0.25) is 0 Å². The maximum Gasteiger partial charge on any atom is 0.418 e. The van der Waals surface area contributed by atoms with Gasteiger partial charge in [-0.25, -0.2) is 14.5 Å². The summed E-state index contributed by atoms with van der Waals surface area (Å²) < 4.78 is 10.3. The standard InChI is InChI=1S/C17H19NO5/c1-17(2,3)23-16(21)18-13(9-10-14(18)19)15(20)22-11-12-7-5-4-6-8-12/h4-10,13H,11H2,1-3H3/t13-/m0/s1. The molecule has 0 spiro atoms. The number of benzene rings is 1. The van der Waals surface area contributed by atoms with E-state index in [1.165, 1.54) is 12.2 Å². The first-order valence-electron chi connectivity index (χ1n) is 7.23. The van der Waals surface area contributed by atoms with E-state index in [9.17, 15) is 14.4 Å². The average molecular weight is 317 g/mol. The summed E-state index contributed by atoms with van der Waals surface area (Å²) in [6.45, 7) is 5.12. The van der Waals surface area contributed by atoms with Crippen LogP contribution in [0.4, 0.5) is 4.79 Å².